The molecule has 47 heavy (non-hydrogen) atoms. The second kappa shape index (κ2) is 14.0. The summed E-state index contributed by atoms with van der Waals surface area (Å²) in [6.07, 6.45) is 0.474. The number of nitro benzene ring substituents is 1. The van der Waals surface area contributed by atoms with E-state index >= 15 is 0 Å². The Labute approximate surface area is 278 Å². The van der Waals surface area contributed by atoms with Crippen molar-refractivity contribution in [1.82, 2.24) is 4.98 Å². The Bertz CT molecular complexity index is 1860. The highest BCUT2D eigenvalue weighted by atomic mass is 32.1. The summed E-state index contributed by atoms with van der Waals surface area (Å²) >= 11 is 1.34. The normalized spacial score (nSPS) is 14.5. The van der Waals surface area contributed by atoms with Gasteiger partial charge in [-0.05, 0) is 57.2 Å². The summed E-state index contributed by atoms with van der Waals surface area (Å²) in [4.78, 5) is 22.3. The van der Waals surface area contributed by atoms with Gasteiger partial charge in [-0.3, -0.25) is 10.1 Å². The third-order valence-corrected chi connectivity index (χ3v) is 9.54. The summed E-state index contributed by atoms with van der Waals surface area (Å²) in [5.41, 5.74) is 2.36. The molecule has 0 bridgehead atoms. The van der Waals surface area contributed by atoms with Crippen molar-refractivity contribution in [3.05, 3.63) is 86.3 Å². The highest BCUT2D eigenvalue weighted by molar-refractivity contribution is 7.16. The molecule has 4 aromatic rings. The summed E-state index contributed by atoms with van der Waals surface area (Å²) in [6.45, 7) is 8.09. The molecule has 2 heterocycles. The quantitative estimate of drug-likeness (QED) is 0.108. The molecule has 11 nitrogen and oxygen atoms in total. The van der Waals surface area contributed by atoms with Crippen LogP contribution in [0.15, 0.2) is 54.6 Å². The van der Waals surface area contributed by atoms with Crippen molar-refractivity contribution < 1.29 is 19.1 Å². The molecule has 0 saturated heterocycles. The molecule has 242 valence electrons. The van der Waals surface area contributed by atoms with E-state index in [1.807, 2.05) is 56.0 Å². The van der Waals surface area contributed by atoms with Gasteiger partial charge in [-0.2, -0.15) is 10.5 Å². The van der Waals surface area contributed by atoms with Crippen LogP contribution in [0.1, 0.15) is 48.3 Å². The zero-order chi connectivity index (χ0) is 33.7. The standard InChI is InChI=1S/C35H36N6O5S/c1-6-39(7-2)25-12-13-27(28(22-25)41(42)43)35(24-11-15-30(44-4)31(21-24)45-5)33-32(26-20-23(3)10-14-29(26)46-35)38-34(47-33)40(18-8-16-36)19-9-17-37/h10-15,20-22H,6-9,18-19H2,1-5H3. The van der Waals surface area contributed by atoms with E-state index in [0.717, 1.165) is 16.8 Å². The number of anilines is 2. The maximum atomic E-state index is 13.0. The highest BCUT2D eigenvalue weighted by Crippen LogP contribution is 2.57. The van der Waals surface area contributed by atoms with E-state index in [-0.39, 0.29) is 23.5 Å². The molecule has 0 aliphatic carbocycles. The van der Waals surface area contributed by atoms with E-state index in [1.165, 1.54) is 18.4 Å². The van der Waals surface area contributed by atoms with Gasteiger partial charge in [0.15, 0.2) is 16.6 Å². The van der Waals surface area contributed by atoms with Gasteiger partial charge in [0.05, 0.1) is 60.3 Å². The minimum atomic E-state index is -1.53. The number of aryl methyl sites for hydroxylation is 1. The summed E-state index contributed by atoms with van der Waals surface area (Å²) < 4.78 is 18.3. The topological polar surface area (TPSA) is 138 Å². The fourth-order valence-electron chi connectivity index (χ4n) is 6.00. The van der Waals surface area contributed by atoms with E-state index in [2.05, 4.69) is 17.0 Å². The minimum Gasteiger partial charge on any atom is -0.493 e. The number of aromatic nitrogens is 1. The van der Waals surface area contributed by atoms with Crippen LogP contribution in [-0.4, -0.2) is 50.3 Å². The van der Waals surface area contributed by atoms with Crippen LogP contribution in [0.5, 0.6) is 17.2 Å². The number of benzene rings is 3. The van der Waals surface area contributed by atoms with Gasteiger partial charge in [0, 0.05) is 49.1 Å². The second-order valence-electron chi connectivity index (χ2n) is 11.0. The predicted octanol–water partition coefficient (Wildman–Crippen LogP) is 7.21. The number of fused-ring (bicyclic) bond motifs is 3. The zero-order valence-corrected chi connectivity index (χ0v) is 27.9. The first kappa shape index (κ1) is 33.0. The summed E-state index contributed by atoms with van der Waals surface area (Å²) in [5, 5.41) is 32.3. The van der Waals surface area contributed by atoms with Crippen molar-refractivity contribution in [3.8, 4) is 40.6 Å². The van der Waals surface area contributed by atoms with E-state index in [4.69, 9.17) is 19.2 Å². The molecule has 0 spiro atoms. The number of rotatable bonds is 13. The lowest BCUT2D eigenvalue weighted by Crippen LogP contribution is -2.38. The van der Waals surface area contributed by atoms with Crippen molar-refractivity contribution >= 4 is 27.8 Å². The Morgan fingerprint density at radius 2 is 1.66 bits per heavy atom. The van der Waals surface area contributed by atoms with Gasteiger partial charge >= 0.3 is 0 Å². The van der Waals surface area contributed by atoms with E-state index in [0.29, 0.717) is 70.3 Å². The maximum Gasteiger partial charge on any atom is 0.279 e. The van der Waals surface area contributed by atoms with Crippen LogP contribution in [0.2, 0.25) is 0 Å². The number of nitrogens with zero attached hydrogens (tertiary/aromatic N) is 6. The van der Waals surface area contributed by atoms with Crippen molar-refractivity contribution in [3.63, 3.8) is 0 Å². The fourth-order valence-corrected chi connectivity index (χ4v) is 7.30. The number of methoxy groups -OCH3 is 2. The van der Waals surface area contributed by atoms with Crippen LogP contribution < -0.4 is 24.0 Å². The van der Waals surface area contributed by atoms with Crippen molar-refractivity contribution in [2.75, 3.05) is 50.2 Å². The maximum absolute atomic E-state index is 13.0. The second-order valence-corrected chi connectivity index (χ2v) is 11.9. The SMILES string of the molecule is CCN(CC)c1ccc(C2(c3ccc(OC)c(OC)c3)Oc3ccc(C)cc3-c3nc(N(CCC#N)CCC#N)sc32)c([N+](=O)[O-])c1. The monoisotopic (exact) mass is 652 g/mol. The molecule has 0 fully saturated rings. The Hall–Kier alpha value is -5.33. The lowest BCUT2D eigenvalue weighted by molar-refractivity contribution is -0.386. The number of ether oxygens (including phenoxy) is 3. The number of nitriles is 2. The molecule has 1 aliphatic rings. The van der Waals surface area contributed by atoms with Gasteiger partial charge in [0.1, 0.15) is 5.75 Å². The minimum absolute atomic E-state index is 0.105. The van der Waals surface area contributed by atoms with Crippen LogP contribution in [0, 0.1) is 39.7 Å². The summed E-state index contributed by atoms with van der Waals surface area (Å²) in [7, 11) is 3.08. The lowest BCUT2D eigenvalue weighted by Gasteiger charge is -2.39. The van der Waals surface area contributed by atoms with Gasteiger partial charge < -0.3 is 24.0 Å². The number of thiazole rings is 1. The molecule has 0 N–H and O–H groups in total. The Morgan fingerprint density at radius 3 is 2.28 bits per heavy atom. The Balaban J connectivity index is 1.90. The molecule has 0 saturated carbocycles. The van der Waals surface area contributed by atoms with Gasteiger partial charge in [-0.25, -0.2) is 4.98 Å². The van der Waals surface area contributed by atoms with E-state index < -0.39 is 5.60 Å². The van der Waals surface area contributed by atoms with Crippen LogP contribution in [0.25, 0.3) is 11.3 Å². The van der Waals surface area contributed by atoms with Crippen molar-refractivity contribution in [1.29, 1.82) is 10.5 Å². The first-order valence-corrected chi connectivity index (χ1v) is 16.1. The highest BCUT2D eigenvalue weighted by Gasteiger charge is 2.51. The summed E-state index contributed by atoms with van der Waals surface area (Å²) in [6, 6.07) is 20.8. The van der Waals surface area contributed by atoms with Crippen molar-refractivity contribution in [2.24, 2.45) is 0 Å². The molecule has 1 atom stereocenters. The van der Waals surface area contributed by atoms with Crippen LogP contribution >= 0.6 is 11.3 Å². The number of nitro groups is 1. The molecule has 0 radical (unpaired) electrons. The van der Waals surface area contributed by atoms with E-state index in [1.54, 1.807) is 31.4 Å². The molecule has 3 aromatic carbocycles. The Kier molecular flexibility index (Phi) is 9.83. The molecule has 5 rings (SSSR count). The molecular weight excluding hydrogens is 616 g/mol. The van der Waals surface area contributed by atoms with Gasteiger partial charge in [0.2, 0.25) is 5.60 Å². The molecular formula is C35H36N6O5S. The molecule has 12 heteroatoms. The average molecular weight is 653 g/mol. The smallest absolute Gasteiger partial charge is 0.279 e. The Morgan fingerprint density at radius 1 is 0.957 bits per heavy atom. The van der Waals surface area contributed by atoms with Crippen LogP contribution in [0.4, 0.5) is 16.5 Å². The third kappa shape index (κ3) is 6.00. The van der Waals surface area contributed by atoms with Gasteiger partial charge in [-0.1, -0.05) is 29.0 Å². The summed E-state index contributed by atoms with van der Waals surface area (Å²) in [5.74, 6) is 1.44. The van der Waals surface area contributed by atoms with Gasteiger partial charge in [0.25, 0.3) is 5.69 Å². The largest absolute Gasteiger partial charge is 0.493 e. The third-order valence-electron chi connectivity index (χ3n) is 8.32. The van der Waals surface area contributed by atoms with E-state index in [9.17, 15) is 20.6 Å². The lowest BCUT2D eigenvalue weighted by atomic mass is 9.80. The van der Waals surface area contributed by atoms with Crippen LogP contribution in [0.3, 0.4) is 0 Å². The van der Waals surface area contributed by atoms with Gasteiger partial charge in [-0.15, -0.1) is 0 Å². The molecule has 0 amide bonds. The fraction of sp³-hybridized carbons (Fsp3) is 0.343. The predicted molar refractivity (Wildman–Crippen MR) is 182 cm³/mol. The molecule has 1 unspecified atom stereocenters. The first-order chi connectivity index (χ1) is 22.8. The molecule has 1 aliphatic heterocycles. The molecule has 1 aromatic heterocycles. The average Bonchev–Trinajstić information content (AvgIpc) is 3.54. The van der Waals surface area contributed by atoms with Crippen LogP contribution in [-0.2, 0) is 5.60 Å². The number of hydrogen-bond donors (Lipinski definition) is 0. The zero-order valence-electron chi connectivity index (χ0n) is 27.1. The van der Waals surface area contributed by atoms with Crippen molar-refractivity contribution in [2.45, 2.75) is 39.2 Å². The first-order valence-electron chi connectivity index (χ1n) is 15.3. The number of hydrogen-bond acceptors (Lipinski definition) is 11.